The van der Waals surface area contributed by atoms with Crippen molar-refractivity contribution < 1.29 is 4.74 Å². The van der Waals surface area contributed by atoms with Crippen LogP contribution in [-0.2, 0) is 6.42 Å². The van der Waals surface area contributed by atoms with Crippen molar-refractivity contribution in [3.8, 4) is 11.5 Å². The van der Waals surface area contributed by atoms with Gasteiger partial charge in [0.15, 0.2) is 5.96 Å². The number of hydrogen-bond donors (Lipinski definition) is 3. The lowest BCUT2D eigenvalue weighted by atomic mass is 10.3. The number of rotatable bonds is 6. The van der Waals surface area contributed by atoms with E-state index in [9.17, 15) is 0 Å². The second kappa shape index (κ2) is 8.26. The van der Waals surface area contributed by atoms with Gasteiger partial charge in [-0.2, -0.15) is 0 Å². The number of guanidine groups is 1. The van der Waals surface area contributed by atoms with Crippen molar-refractivity contribution in [3.05, 3.63) is 84.7 Å². The summed E-state index contributed by atoms with van der Waals surface area (Å²) in [6.07, 6.45) is 0.689. The molecule has 28 heavy (non-hydrogen) atoms. The maximum absolute atomic E-state index is 6.02. The van der Waals surface area contributed by atoms with Gasteiger partial charge in [-0.25, -0.2) is 4.98 Å². The molecule has 1 heterocycles. The summed E-state index contributed by atoms with van der Waals surface area (Å²) >= 11 is 0. The van der Waals surface area contributed by atoms with Gasteiger partial charge < -0.3 is 20.8 Å². The summed E-state index contributed by atoms with van der Waals surface area (Å²) in [6, 6.07) is 25.2. The van der Waals surface area contributed by atoms with Crippen molar-refractivity contribution in [2.24, 2.45) is 10.7 Å². The van der Waals surface area contributed by atoms with Crippen molar-refractivity contribution in [2.75, 3.05) is 11.9 Å². The Hall–Kier alpha value is -3.80. The molecule has 0 spiro atoms. The number of benzene rings is 3. The summed E-state index contributed by atoms with van der Waals surface area (Å²) in [7, 11) is 0. The monoisotopic (exact) mass is 371 g/mol. The van der Waals surface area contributed by atoms with E-state index in [-0.39, 0.29) is 0 Å². The summed E-state index contributed by atoms with van der Waals surface area (Å²) < 4.78 is 5.84. The Labute approximate surface area is 163 Å². The average molecular weight is 371 g/mol. The molecule has 0 fully saturated rings. The number of fused-ring (bicyclic) bond motifs is 1. The minimum Gasteiger partial charge on any atom is -0.457 e. The van der Waals surface area contributed by atoms with E-state index in [1.165, 1.54) is 0 Å². The quantitative estimate of drug-likeness (QED) is 0.348. The van der Waals surface area contributed by atoms with Crippen molar-refractivity contribution in [1.82, 2.24) is 9.97 Å². The Morgan fingerprint density at radius 3 is 2.61 bits per heavy atom. The molecular formula is C22H21N5O. The van der Waals surface area contributed by atoms with E-state index in [1.54, 1.807) is 0 Å². The lowest BCUT2D eigenvalue weighted by Crippen LogP contribution is -2.23. The lowest BCUT2D eigenvalue weighted by Gasteiger charge is -2.09. The average Bonchev–Trinajstić information content (AvgIpc) is 3.12. The normalized spacial score (nSPS) is 11.5. The molecule has 4 aromatic rings. The lowest BCUT2D eigenvalue weighted by molar-refractivity contribution is 0.483. The Morgan fingerprint density at radius 2 is 1.75 bits per heavy atom. The van der Waals surface area contributed by atoms with Crippen LogP contribution in [-0.4, -0.2) is 22.5 Å². The minimum atomic E-state index is 0.355. The van der Waals surface area contributed by atoms with Gasteiger partial charge in [0.1, 0.15) is 17.3 Å². The zero-order chi connectivity index (χ0) is 19.2. The maximum Gasteiger partial charge on any atom is 0.193 e. The van der Waals surface area contributed by atoms with Crippen LogP contribution in [0.15, 0.2) is 83.9 Å². The molecule has 0 unspecified atom stereocenters. The van der Waals surface area contributed by atoms with Gasteiger partial charge in [0.05, 0.1) is 11.0 Å². The first-order valence-corrected chi connectivity index (χ1v) is 9.10. The van der Waals surface area contributed by atoms with Crippen LogP contribution in [0.4, 0.5) is 5.69 Å². The van der Waals surface area contributed by atoms with Crippen LogP contribution in [0.2, 0.25) is 0 Å². The maximum atomic E-state index is 6.02. The molecule has 4 rings (SSSR count). The van der Waals surface area contributed by atoms with E-state index < -0.39 is 0 Å². The SMILES string of the molecule is NC(=NCCc1nc2ccccc2[nH]1)Nc1cccc(Oc2ccccc2)c1. The van der Waals surface area contributed by atoms with Gasteiger partial charge in [-0.1, -0.05) is 36.4 Å². The van der Waals surface area contributed by atoms with Crippen molar-refractivity contribution in [1.29, 1.82) is 0 Å². The van der Waals surface area contributed by atoms with Gasteiger partial charge in [0.25, 0.3) is 0 Å². The van der Waals surface area contributed by atoms with E-state index >= 15 is 0 Å². The fourth-order valence-corrected chi connectivity index (χ4v) is 2.86. The highest BCUT2D eigenvalue weighted by Gasteiger charge is 2.03. The van der Waals surface area contributed by atoms with Gasteiger partial charge in [0.2, 0.25) is 0 Å². The van der Waals surface area contributed by atoms with Crippen LogP contribution in [0.3, 0.4) is 0 Å². The van der Waals surface area contributed by atoms with Gasteiger partial charge >= 0.3 is 0 Å². The van der Waals surface area contributed by atoms with Crippen LogP contribution in [0.5, 0.6) is 11.5 Å². The summed E-state index contributed by atoms with van der Waals surface area (Å²) in [5.41, 5.74) is 8.82. The third-order valence-electron chi connectivity index (χ3n) is 4.15. The molecule has 6 heteroatoms. The number of aliphatic imine (C=N–C) groups is 1. The highest BCUT2D eigenvalue weighted by atomic mass is 16.5. The molecule has 0 aliphatic heterocycles. The fourth-order valence-electron chi connectivity index (χ4n) is 2.86. The number of para-hydroxylation sites is 3. The Bertz CT molecular complexity index is 1060. The molecule has 140 valence electrons. The Kier molecular flexibility index (Phi) is 5.20. The van der Waals surface area contributed by atoms with Gasteiger partial charge in [-0.3, -0.25) is 4.99 Å². The topological polar surface area (TPSA) is 88.3 Å². The van der Waals surface area contributed by atoms with E-state index in [1.807, 2.05) is 78.9 Å². The number of aromatic nitrogens is 2. The molecule has 0 bridgehead atoms. The number of anilines is 1. The summed E-state index contributed by atoms with van der Waals surface area (Å²) in [5.74, 6) is 2.77. The standard InChI is InChI=1S/C22H21N5O/c23-22(24-14-13-21-26-19-11-4-5-12-20(19)27-21)25-16-7-6-10-18(15-16)28-17-8-2-1-3-9-17/h1-12,15H,13-14H2,(H,26,27)(H3,23,24,25). The number of nitrogens with zero attached hydrogens (tertiary/aromatic N) is 2. The third kappa shape index (κ3) is 4.48. The number of nitrogens with one attached hydrogen (secondary N) is 2. The fraction of sp³-hybridized carbons (Fsp3) is 0.0909. The Balaban J connectivity index is 1.35. The molecular weight excluding hydrogens is 350 g/mol. The van der Waals surface area contributed by atoms with Gasteiger partial charge in [-0.15, -0.1) is 0 Å². The predicted octanol–water partition coefficient (Wildman–Crippen LogP) is 4.32. The third-order valence-corrected chi connectivity index (χ3v) is 4.15. The number of hydrogen-bond acceptors (Lipinski definition) is 3. The van der Waals surface area contributed by atoms with E-state index in [0.717, 1.165) is 34.0 Å². The van der Waals surface area contributed by atoms with E-state index in [2.05, 4.69) is 20.3 Å². The summed E-state index contributed by atoms with van der Waals surface area (Å²) in [5, 5.41) is 3.10. The molecule has 0 radical (unpaired) electrons. The highest BCUT2D eigenvalue weighted by Crippen LogP contribution is 2.23. The zero-order valence-corrected chi connectivity index (χ0v) is 15.3. The second-order valence-corrected chi connectivity index (χ2v) is 6.29. The molecule has 6 nitrogen and oxygen atoms in total. The van der Waals surface area contributed by atoms with Crippen LogP contribution in [0, 0.1) is 0 Å². The van der Waals surface area contributed by atoms with Crippen molar-refractivity contribution in [2.45, 2.75) is 6.42 Å². The number of nitrogens with two attached hydrogens (primary N) is 1. The molecule has 0 saturated heterocycles. The van der Waals surface area contributed by atoms with Crippen LogP contribution < -0.4 is 15.8 Å². The van der Waals surface area contributed by atoms with E-state index in [0.29, 0.717) is 18.9 Å². The van der Waals surface area contributed by atoms with Crippen molar-refractivity contribution in [3.63, 3.8) is 0 Å². The van der Waals surface area contributed by atoms with E-state index in [4.69, 9.17) is 10.5 Å². The number of ether oxygens (including phenoxy) is 1. The predicted molar refractivity (Wildman–Crippen MR) is 113 cm³/mol. The molecule has 0 aliphatic rings. The second-order valence-electron chi connectivity index (χ2n) is 6.29. The largest absolute Gasteiger partial charge is 0.457 e. The molecule has 1 aromatic heterocycles. The number of aromatic amines is 1. The first kappa shape index (κ1) is 17.6. The molecule has 0 atom stereocenters. The smallest absolute Gasteiger partial charge is 0.193 e. The molecule has 0 amide bonds. The van der Waals surface area contributed by atoms with Crippen molar-refractivity contribution >= 4 is 22.7 Å². The molecule has 0 aliphatic carbocycles. The highest BCUT2D eigenvalue weighted by molar-refractivity contribution is 5.92. The first-order valence-electron chi connectivity index (χ1n) is 9.10. The first-order chi connectivity index (χ1) is 13.8. The zero-order valence-electron chi connectivity index (χ0n) is 15.3. The summed E-state index contributed by atoms with van der Waals surface area (Å²) in [6.45, 7) is 0.541. The molecule has 4 N–H and O–H groups in total. The van der Waals surface area contributed by atoms with Crippen LogP contribution in [0.1, 0.15) is 5.82 Å². The molecule has 0 saturated carbocycles. The van der Waals surface area contributed by atoms with Crippen LogP contribution >= 0.6 is 0 Å². The minimum absolute atomic E-state index is 0.355. The number of H-pyrrole nitrogens is 1. The van der Waals surface area contributed by atoms with Gasteiger partial charge in [-0.05, 0) is 36.4 Å². The summed E-state index contributed by atoms with van der Waals surface area (Å²) in [4.78, 5) is 12.2. The Morgan fingerprint density at radius 1 is 0.964 bits per heavy atom. The van der Waals surface area contributed by atoms with Gasteiger partial charge in [0, 0.05) is 24.7 Å². The molecule has 3 aromatic carbocycles. The number of imidazole rings is 1. The van der Waals surface area contributed by atoms with Crippen LogP contribution in [0.25, 0.3) is 11.0 Å².